The summed E-state index contributed by atoms with van der Waals surface area (Å²) in [6.45, 7) is 1.83. The number of ether oxygens (including phenoxy) is 3. The van der Waals surface area contributed by atoms with E-state index in [2.05, 4.69) is 29.2 Å². The van der Waals surface area contributed by atoms with E-state index in [0.29, 0.717) is 6.54 Å². The third-order valence-electron chi connectivity index (χ3n) is 5.73. The van der Waals surface area contributed by atoms with E-state index in [9.17, 15) is 5.11 Å². The van der Waals surface area contributed by atoms with E-state index in [0.717, 1.165) is 24.5 Å². The van der Waals surface area contributed by atoms with Gasteiger partial charge in [0.1, 0.15) is 0 Å². The molecule has 5 heteroatoms. The second-order valence-electron chi connectivity index (χ2n) is 6.63. The van der Waals surface area contributed by atoms with Crippen LogP contribution < -0.4 is 9.47 Å². The Hall–Kier alpha value is -1.56. The number of hydrogen-bond acceptors (Lipinski definition) is 5. The number of rotatable bonds is 1. The molecule has 1 aromatic rings. The molecule has 2 bridgehead atoms. The van der Waals surface area contributed by atoms with Crippen LogP contribution in [-0.2, 0) is 16.7 Å². The van der Waals surface area contributed by atoms with Gasteiger partial charge in [-0.25, -0.2) is 0 Å². The van der Waals surface area contributed by atoms with Gasteiger partial charge in [0.25, 0.3) is 0 Å². The highest BCUT2D eigenvalue weighted by Crippen LogP contribution is 2.53. The minimum atomic E-state index is -0.395. The Morgan fingerprint density at radius 1 is 1.32 bits per heavy atom. The summed E-state index contributed by atoms with van der Waals surface area (Å²) < 4.78 is 16.6. The number of aliphatic hydroxyl groups is 1. The zero-order valence-corrected chi connectivity index (χ0v) is 12.5. The van der Waals surface area contributed by atoms with Gasteiger partial charge in [0.2, 0.25) is 6.79 Å². The molecule has 5 rings (SSSR count). The molecule has 5 atom stereocenters. The number of benzene rings is 1. The van der Waals surface area contributed by atoms with Crippen molar-refractivity contribution >= 4 is 0 Å². The standard InChI is InChI=1S/C17H19NO4/c1-20-11-2-3-17-12-6-14-13(21-9-22-14)4-10(12)7-18(8-16(17)19)15(17)5-11/h2-4,6,11,15-16,19H,5,7-9H2,1H3/t11-,15+,16?,17?/m1/s1. The van der Waals surface area contributed by atoms with Gasteiger partial charge in [0, 0.05) is 26.2 Å². The van der Waals surface area contributed by atoms with Crippen LogP contribution in [0.15, 0.2) is 24.3 Å². The quantitative estimate of drug-likeness (QED) is 0.790. The Labute approximate surface area is 129 Å². The molecule has 1 aromatic carbocycles. The lowest BCUT2D eigenvalue weighted by atomic mass is 9.65. The Kier molecular flexibility index (Phi) is 2.50. The third kappa shape index (κ3) is 1.44. The van der Waals surface area contributed by atoms with Crippen molar-refractivity contribution in [2.45, 2.75) is 36.6 Å². The van der Waals surface area contributed by atoms with Gasteiger partial charge in [-0.3, -0.25) is 4.90 Å². The van der Waals surface area contributed by atoms with Crippen LogP contribution in [0.5, 0.6) is 11.5 Å². The Bertz CT molecular complexity index is 673. The lowest BCUT2D eigenvalue weighted by molar-refractivity contribution is 0.0660. The maximum atomic E-state index is 10.8. The topological polar surface area (TPSA) is 51.2 Å². The van der Waals surface area contributed by atoms with Crippen molar-refractivity contribution in [1.29, 1.82) is 0 Å². The predicted octanol–water partition coefficient (Wildman–Crippen LogP) is 1.19. The SMILES string of the molecule is CO[C@@H]1C=CC23c4cc5c(cc4CN(CC2O)[C@H]3C1)OCO5. The van der Waals surface area contributed by atoms with E-state index < -0.39 is 6.10 Å². The minimum Gasteiger partial charge on any atom is -0.454 e. The molecular weight excluding hydrogens is 282 g/mol. The van der Waals surface area contributed by atoms with Crippen molar-refractivity contribution in [2.24, 2.45) is 0 Å². The zero-order chi connectivity index (χ0) is 14.9. The van der Waals surface area contributed by atoms with Crippen LogP contribution in [0, 0.1) is 0 Å². The van der Waals surface area contributed by atoms with Crippen LogP contribution in [0.4, 0.5) is 0 Å². The van der Waals surface area contributed by atoms with Gasteiger partial charge >= 0.3 is 0 Å². The van der Waals surface area contributed by atoms with Gasteiger partial charge in [-0.1, -0.05) is 12.2 Å². The van der Waals surface area contributed by atoms with Crippen molar-refractivity contribution in [3.8, 4) is 11.5 Å². The van der Waals surface area contributed by atoms with Gasteiger partial charge in [-0.2, -0.15) is 0 Å². The van der Waals surface area contributed by atoms with Crippen molar-refractivity contribution in [3.63, 3.8) is 0 Å². The fraction of sp³-hybridized carbons (Fsp3) is 0.529. The minimum absolute atomic E-state index is 0.126. The van der Waals surface area contributed by atoms with Gasteiger partial charge in [-0.05, 0) is 29.7 Å². The molecule has 1 aliphatic carbocycles. The van der Waals surface area contributed by atoms with Gasteiger partial charge < -0.3 is 19.3 Å². The summed E-state index contributed by atoms with van der Waals surface area (Å²) in [7, 11) is 1.75. The molecule has 5 nitrogen and oxygen atoms in total. The molecule has 4 aliphatic rings. The largest absolute Gasteiger partial charge is 0.454 e. The summed E-state index contributed by atoms with van der Waals surface area (Å²) in [6.07, 6.45) is 4.91. The third-order valence-corrected chi connectivity index (χ3v) is 5.73. The zero-order valence-electron chi connectivity index (χ0n) is 12.5. The van der Waals surface area contributed by atoms with Crippen LogP contribution in [0.2, 0.25) is 0 Å². The Morgan fingerprint density at radius 2 is 2.14 bits per heavy atom. The number of nitrogens with zero attached hydrogens (tertiary/aromatic N) is 1. The number of fused-ring (bicyclic) bond motifs is 2. The van der Waals surface area contributed by atoms with E-state index in [1.807, 2.05) is 0 Å². The summed E-state index contributed by atoms with van der Waals surface area (Å²) in [5, 5.41) is 10.8. The molecule has 1 N–H and O–H groups in total. The first-order valence-corrected chi connectivity index (χ1v) is 7.79. The van der Waals surface area contributed by atoms with Crippen LogP contribution in [0.25, 0.3) is 0 Å². The van der Waals surface area contributed by atoms with Crippen LogP contribution in [-0.4, -0.2) is 48.7 Å². The maximum Gasteiger partial charge on any atom is 0.231 e. The van der Waals surface area contributed by atoms with E-state index in [4.69, 9.17) is 14.2 Å². The second kappa shape index (κ2) is 4.25. The Morgan fingerprint density at radius 3 is 2.95 bits per heavy atom. The van der Waals surface area contributed by atoms with Gasteiger partial charge in [-0.15, -0.1) is 0 Å². The Balaban J connectivity index is 1.72. The molecule has 22 heavy (non-hydrogen) atoms. The highest BCUT2D eigenvalue weighted by atomic mass is 16.7. The van der Waals surface area contributed by atoms with Crippen LogP contribution in [0.1, 0.15) is 17.5 Å². The molecule has 1 fully saturated rings. The van der Waals surface area contributed by atoms with E-state index in [1.165, 1.54) is 11.1 Å². The molecule has 1 saturated heterocycles. The number of aliphatic hydroxyl groups excluding tert-OH is 1. The lowest BCUT2D eigenvalue weighted by Crippen LogP contribution is -2.52. The molecule has 0 saturated carbocycles. The van der Waals surface area contributed by atoms with Crippen molar-refractivity contribution in [1.82, 2.24) is 4.90 Å². The first-order valence-electron chi connectivity index (χ1n) is 7.79. The predicted molar refractivity (Wildman–Crippen MR) is 79.0 cm³/mol. The molecule has 0 spiro atoms. The fourth-order valence-electron chi connectivity index (χ4n) is 4.69. The fourth-order valence-corrected chi connectivity index (χ4v) is 4.69. The monoisotopic (exact) mass is 301 g/mol. The summed E-state index contributed by atoms with van der Waals surface area (Å²) in [4.78, 5) is 2.38. The lowest BCUT2D eigenvalue weighted by Gasteiger charge is -2.46. The highest BCUT2D eigenvalue weighted by Gasteiger charge is 2.58. The van der Waals surface area contributed by atoms with E-state index in [-0.39, 0.29) is 24.4 Å². The number of methoxy groups -OCH3 is 1. The number of hydrogen-bond donors (Lipinski definition) is 1. The molecule has 0 aromatic heterocycles. The molecular formula is C17H19NO4. The van der Waals surface area contributed by atoms with Crippen molar-refractivity contribution in [3.05, 3.63) is 35.4 Å². The van der Waals surface area contributed by atoms with Crippen molar-refractivity contribution in [2.75, 3.05) is 20.4 Å². The first-order chi connectivity index (χ1) is 10.7. The van der Waals surface area contributed by atoms with Crippen LogP contribution in [0.3, 0.4) is 0 Å². The summed E-state index contributed by atoms with van der Waals surface area (Å²) in [5.74, 6) is 1.61. The molecule has 0 radical (unpaired) electrons. The van der Waals surface area contributed by atoms with Gasteiger partial charge in [0.15, 0.2) is 11.5 Å². The highest BCUT2D eigenvalue weighted by molar-refractivity contribution is 5.56. The first kappa shape index (κ1) is 12.9. The average molecular weight is 301 g/mol. The normalized spacial score (nSPS) is 40.5. The van der Waals surface area contributed by atoms with Crippen molar-refractivity contribution < 1.29 is 19.3 Å². The van der Waals surface area contributed by atoms with E-state index >= 15 is 0 Å². The summed E-state index contributed by atoms with van der Waals surface area (Å²) in [5.41, 5.74) is 2.08. The summed E-state index contributed by atoms with van der Waals surface area (Å²) in [6, 6.07) is 4.44. The maximum absolute atomic E-state index is 10.8. The molecule has 3 aliphatic heterocycles. The summed E-state index contributed by atoms with van der Waals surface area (Å²) >= 11 is 0. The molecule has 3 heterocycles. The molecule has 116 valence electrons. The average Bonchev–Trinajstić information content (AvgIpc) is 3.06. The van der Waals surface area contributed by atoms with Gasteiger partial charge in [0.05, 0.1) is 17.6 Å². The second-order valence-corrected chi connectivity index (χ2v) is 6.63. The molecule has 3 unspecified atom stereocenters. The molecule has 0 amide bonds. The van der Waals surface area contributed by atoms with Crippen LogP contribution >= 0.6 is 0 Å². The smallest absolute Gasteiger partial charge is 0.231 e. The van der Waals surface area contributed by atoms with E-state index in [1.54, 1.807) is 7.11 Å².